The van der Waals surface area contributed by atoms with E-state index in [1.165, 1.54) is 18.2 Å². The van der Waals surface area contributed by atoms with Gasteiger partial charge in [0.1, 0.15) is 40.4 Å². The van der Waals surface area contributed by atoms with Crippen LogP contribution in [0.4, 0.5) is 5.82 Å². The van der Waals surface area contributed by atoms with Gasteiger partial charge in [0, 0.05) is 57.5 Å². The van der Waals surface area contributed by atoms with Gasteiger partial charge in [-0.1, -0.05) is 24.3 Å². The summed E-state index contributed by atoms with van der Waals surface area (Å²) in [5.41, 5.74) is 7.50. The number of anilines is 1. The molecule has 1 unspecified atom stereocenters. The van der Waals surface area contributed by atoms with Gasteiger partial charge < -0.3 is 36.1 Å². The third-order valence-electron chi connectivity index (χ3n) is 12.3. The normalized spacial score (nSPS) is 18.2. The van der Waals surface area contributed by atoms with Gasteiger partial charge in [-0.3, -0.25) is 48.6 Å². The quantitative estimate of drug-likeness (QED) is 0.0756. The van der Waals surface area contributed by atoms with Crippen LogP contribution >= 0.6 is 0 Å². The molecule has 0 aliphatic carbocycles. The maximum atomic E-state index is 13.2. The van der Waals surface area contributed by atoms with E-state index in [9.17, 15) is 38.4 Å². The van der Waals surface area contributed by atoms with Crippen LogP contribution in [0.5, 0.6) is 17.2 Å². The van der Waals surface area contributed by atoms with Crippen molar-refractivity contribution in [1.29, 1.82) is 0 Å². The van der Waals surface area contributed by atoms with Gasteiger partial charge in [0.05, 0.1) is 17.2 Å². The number of amides is 8. The number of benzene rings is 3. The Labute approximate surface area is 379 Å². The number of imide groups is 2. The summed E-state index contributed by atoms with van der Waals surface area (Å²) in [4.78, 5) is 104. The largest absolute Gasteiger partial charge is 0.483 e. The molecule has 0 saturated carbocycles. The van der Waals surface area contributed by atoms with Crippen molar-refractivity contribution in [1.82, 2.24) is 35.5 Å². The van der Waals surface area contributed by atoms with E-state index in [2.05, 4.69) is 21.3 Å². The van der Waals surface area contributed by atoms with E-state index in [0.29, 0.717) is 67.6 Å². The van der Waals surface area contributed by atoms with E-state index in [1.54, 1.807) is 0 Å². The molecule has 3 aromatic carbocycles. The van der Waals surface area contributed by atoms with Crippen LogP contribution in [-0.4, -0.2) is 112 Å². The molecule has 2 saturated heterocycles. The van der Waals surface area contributed by atoms with Gasteiger partial charge in [0.15, 0.2) is 6.61 Å². The molecular formula is C47H51N9O10. The summed E-state index contributed by atoms with van der Waals surface area (Å²) in [5.74, 6) is -1.66. The fraction of sp³-hybridized carbons (Fsp3) is 0.383. The predicted octanol–water partition coefficient (Wildman–Crippen LogP) is 3.31. The van der Waals surface area contributed by atoms with E-state index in [1.807, 2.05) is 64.2 Å². The average Bonchev–Trinajstić information content (AvgIpc) is 3.84. The first-order valence-corrected chi connectivity index (χ1v) is 22.2. The first kappa shape index (κ1) is 45.0. The highest BCUT2D eigenvalue weighted by Gasteiger charge is 2.46. The van der Waals surface area contributed by atoms with Crippen LogP contribution in [0.15, 0.2) is 72.8 Å². The second kappa shape index (κ2) is 20.1. The second-order valence-corrected chi connectivity index (χ2v) is 16.6. The van der Waals surface area contributed by atoms with Gasteiger partial charge in [-0.2, -0.15) is 5.10 Å². The van der Waals surface area contributed by atoms with Crippen LogP contribution in [0.25, 0.3) is 11.3 Å². The number of para-hydroxylation sites is 1. The lowest BCUT2D eigenvalue weighted by molar-refractivity contribution is -0.136. The molecule has 19 heteroatoms. The maximum Gasteiger partial charge on any atom is 0.266 e. The first-order valence-electron chi connectivity index (χ1n) is 22.2. The molecule has 4 aromatic rings. The molecule has 2 fully saturated rings. The van der Waals surface area contributed by atoms with E-state index >= 15 is 0 Å². The third-order valence-corrected chi connectivity index (χ3v) is 12.3. The number of carbonyl (C=O) groups excluding carboxylic acids is 8. The zero-order valence-electron chi connectivity index (χ0n) is 36.2. The number of nitrogens with one attached hydrogen (secondary N) is 4. The van der Waals surface area contributed by atoms with Gasteiger partial charge in [0.25, 0.3) is 23.6 Å². The Balaban J connectivity index is 0.727. The lowest BCUT2D eigenvalue weighted by atomic mass is 9.86. The number of rotatable bonds is 17. The molecule has 0 bridgehead atoms. The smallest absolute Gasteiger partial charge is 0.266 e. The van der Waals surface area contributed by atoms with E-state index in [-0.39, 0.29) is 72.9 Å². The Morgan fingerprint density at radius 3 is 2.23 bits per heavy atom. The number of aromatic nitrogens is 2. The van der Waals surface area contributed by atoms with E-state index in [0.717, 1.165) is 29.7 Å². The standard InChI is InChI=1S/C47H51N9O10/c48-43(61)41-42(29-13-15-31(16-14-29)66-30-7-2-1-3-8-30)53-56-33(19-24-51-44(41)56)28-20-25-54(26-21-28)39(60)12-6-23-49-36(57)11-5-22-50-38(59)27-65-35-10-4-9-32-40(35)47(64)55(46(32)63)34-17-18-37(58)52-45(34)62/h1-4,7-10,13-16,28,33-34,51H,5-6,11-12,17-27H2,(H2,48,61)(H,49,57)(H,50,59)(H,52,58,62)/t33-,34?/m0/s1. The fourth-order valence-corrected chi connectivity index (χ4v) is 9.00. The maximum absolute atomic E-state index is 13.2. The minimum absolute atomic E-state index is 0.00815. The van der Waals surface area contributed by atoms with Crippen molar-refractivity contribution in [2.24, 2.45) is 11.7 Å². The summed E-state index contributed by atoms with van der Waals surface area (Å²) in [6.45, 7) is 1.91. The van der Waals surface area contributed by atoms with E-state index < -0.39 is 48.1 Å². The van der Waals surface area contributed by atoms with Crippen molar-refractivity contribution in [3.05, 3.63) is 89.5 Å². The third kappa shape index (κ3) is 9.89. The highest BCUT2D eigenvalue weighted by atomic mass is 16.5. The van der Waals surface area contributed by atoms with Crippen LogP contribution in [0.2, 0.25) is 0 Å². The van der Waals surface area contributed by atoms with Gasteiger partial charge >= 0.3 is 0 Å². The number of carbonyl (C=O) groups is 8. The molecule has 4 aliphatic rings. The minimum atomic E-state index is -1.13. The molecule has 0 radical (unpaired) electrons. The lowest BCUT2D eigenvalue weighted by Gasteiger charge is -2.38. The summed E-state index contributed by atoms with van der Waals surface area (Å²) in [5, 5.41) is 15.9. The van der Waals surface area contributed by atoms with Gasteiger partial charge in [-0.25, -0.2) is 4.68 Å². The van der Waals surface area contributed by atoms with Gasteiger partial charge in [-0.05, 0) is 93.0 Å². The number of nitrogens with two attached hydrogens (primary N) is 1. The van der Waals surface area contributed by atoms with Crippen molar-refractivity contribution in [3.63, 3.8) is 0 Å². The average molecular weight is 902 g/mol. The summed E-state index contributed by atoms with van der Waals surface area (Å²) in [6, 6.07) is 20.1. The van der Waals surface area contributed by atoms with Crippen LogP contribution in [-0.2, 0) is 24.0 Å². The molecule has 6 N–H and O–H groups in total. The Morgan fingerprint density at radius 1 is 0.788 bits per heavy atom. The number of hydrogen-bond donors (Lipinski definition) is 5. The van der Waals surface area contributed by atoms with Crippen molar-refractivity contribution >= 4 is 53.1 Å². The van der Waals surface area contributed by atoms with Gasteiger partial charge in [0.2, 0.25) is 23.6 Å². The molecule has 19 nitrogen and oxygen atoms in total. The number of nitrogens with zero attached hydrogens (tertiary/aromatic N) is 4. The Morgan fingerprint density at radius 2 is 1.50 bits per heavy atom. The summed E-state index contributed by atoms with van der Waals surface area (Å²) < 4.78 is 13.5. The number of primary amides is 1. The van der Waals surface area contributed by atoms with Crippen LogP contribution in [0, 0.1) is 5.92 Å². The lowest BCUT2D eigenvalue weighted by Crippen LogP contribution is -2.54. The number of ether oxygens (including phenoxy) is 2. The van der Waals surface area contributed by atoms with Crippen molar-refractivity contribution in [3.8, 4) is 28.5 Å². The zero-order chi connectivity index (χ0) is 46.3. The molecule has 66 heavy (non-hydrogen) atoms. The first-order chi connectivity index (χ1) is 32.0. The SMILES string of the molecule is NC(=O)c1c(-c2ccc(Oc3ccccc3)cc2)nn2c1NCC[C@H]2C1CCN(C(=O)CCCNC(=O)CCCNC(=O)COc2cccc3c2C(=O)N(C2CCC(=O)NC2=O)C3=O)CC1. The molecule has 4 aliphatic heterocycles. The molecule has 8 rings (SSSR count). The number of likely N-dealkylation sites (tertiary alicyclic amines) is 1. The topological polar surface area (TPSA) is 253 Å². The molecule has 5 heterocycles. The number of hydrogen-bond acceptors (Lipinski definition) is 12. The Hall–Kier alpha value is -7.57. The number of piperidine rings is 2. The highest BCUT2D eigenvalue weighted by molar-refractivity contribution is 6.24. The molecular weight excluding hydrogens is 851 g/mol. The van der Waals surface area contributed by atoms with Crippen molar-refractivity contribution < 1.29 is 47.8 Å². The Bertz CT molecular complexity index is 2540. The van der Waals surface area contributed by atoms with Crippen molar-refractivity contribution in [2.75, 3.05) is 44.6 Å². The summed E-state index contributed by atoms with van der Waals surface area (Å²) in [7, 11) is 0. The summed E-state index contributed by atoms with van der Waals surface area (Å²) >= 11 is 0. The molecule has 0 spiro atoms. The zero-order valence-corrected chi connectivity index (χ0v) is 36.2. The fourth-order valence-electron chi connectivity index (χ4n) is 9.00. The molecule has 1 aromatic heterocycles. The highest BCUT2D eigenvalue weighted by Crippen LogP contribution is 2.40. The van der Waals surface area contributed by atoms with Crippen LogP contribution < -0.4 is 36.5 Å². The molecule has 344 valence electrons. The van der Waals surface area contributed by atoms with Crippen LogP contribution in [0.1, 0.15) is 94.9 Å². The summed E-state index contributed by atoms with van der Waals surface area (Å²) in [6.07, 6.45) is 3.63. The van der Waals surface area contributed by atoms with Crippen molar-refractivity contribution in [2.45, 2.75) is 69.9 Å². The Kier molecular flexibility index (Phi) is 13.7. The molecule has 8 amide bonds. The second-order valence-electron chi connectivity index (χ2n) is 16.6. The predicted molar refractivity (Wildman–Crippen MR) is 237 cm³/mol. The molecule has 2 atom stereocenters. The number of fused-ring (bicyclic) bond motifs is 2. The van der Waals surface area contributed by atoms with E-state index in [4.69, 9.17) is 20.3 Å². The minimum Gasteiger partial charge on any atom is -0.483 e. The van der Waals surface area contributed by atoms with Crippen LogP contribution in [0.3, 0.4) is 0 Å². The van der Waals surface area contributed by atoms with Gasteiger partial charge in [-0.15, -0.1) is 0 Å². The monoisotopic (exact) mass is 901 g/mol.